The quantitative estimate of drug-likeness (QED) is 0.750. The van der Waals surface area contributed by atoms with Gasteiger partial charge in [-0.3, -0.25) is 14.4 Å². The molecule has 15 heavy (non-hydrogen) atoms. The van der Waals surface area contributed by atoms with Crippen molar-refractivity contribution in [3.8, 4) is 0 Å². The highest BCUT2D eigenvalue weighted by molar-refractivity contribution is 5.79. The van der Waals surface area contributed by atoms with Crippen molar-refractivity contribution in [2.45, 2.75) is 25.9 Å². The summed E-state index contributed by atoms with van der Waals surface area (Å²) in [4.78, 5) is 13.1. The minimum atomic E-state index is -0.274. The van der Waals surface area contributed by atoms with Crippen LogP contribution in [0, 0.1) is 0 Å². The molecule has 0 radical (unpaired) electrons. The molecule has 1 amide bonds. The van der Waals surface area contributed by atoms with Crippen LogP contribution in [0.25, 0.3) is 0 Å². The summed E-state index contributed by atoms with van der Waals surface area (Å²) in [5.74, 6) is -0.274. The average molecular weight is 210 g/mol. The van der Waals surface area contributed by atoms with Crippen LogP contribution in [0.1, 0.15) is 18.9 Å². The molecule has 0 aliphatic heterocycles. The Hall–Kier alpha value is -1.36. The molecule has 0 aliphatic rings. The summed E-state index contributed by atoms with van der Waals surface area (Å²) in [7, 11) is 3.76. The SMILES string of the molecule is CCC(C(N)=O)N(C)Cc1cnn(C)c1. The van der Waals surface area contributed by atoms with Gasteiger partial charge in [-0.1, -0.05) is 6.92 Å². The Kier molecular flexibility index (Phi) is 3.85. The Bertz CT molecular complexity index is 334. The zero-order valence-corrected chi connectivity index (χ0v) is 9.47. The third kappa shape index (κ3) is 3.06. The van der Waals surface area contributed by atoms with Crippen molar-refractivity contribution in [1.29, 1.82) is 0 Å². The fourth-order valence-electron chi connectivity index (χ4n) is 1.68. The zero-order valence-electron chi connectivity index (χ0n) is 9.47. The summed E-state index contributed by atoms with van der Waals surface area (Å²) in [5.41, 5.74) is 6.39. The van der Waals surface area contributed by atoms with Gasteiger partial charge in [0.05, 0.1) is 12.2 Å². The van der Waals surface area contributed by atoms with E-state index in [2.05, 4.69) is 5.10 Å². The van der Waals surface area contributed by atoms with Crippen molar-refractivity contribution in [2.75, 3.05) is 7.05 Å². The average Bonchev–Trinajstić information content (AvgIpc) is 2.51. The highest BCUT2D eigenvalue weighted by Crippen LogP contribution is 2.07. The normalized spacial score (nSPS) is 13.1. The maximum absolute atomic E-state index is 11.1. The molecule has 5 heteroatoms. The lowest BCUT2D eigenvalue weighted by Crippen LogP contribution is -2.41. The highest BCUT2D eigenvalue weighted by Gasteiger charge is 2.18. The van der Waals surface area contributed by atoms with E-state index in [0.717, 1.165) is 12.0 Å². The van der Waals surface area contributed by atoms with Gasteiger partial charge in [0, 0.05) is 25.4 Å². The van der Waals surface area contributed by atoms with Crippen LogP contribution in [0.5, 0.6) is 0 Å². The van der Waals surface area contributed by atoms with Gasteiger partial charge in [-0.2, -0.15) is 5.10 Å². The molecule has 84 valence electrons. The lowest BCUT2D eigenvalue weighted by Gasteiger charge is -2.23. The Morgan fingerprint density at radius 1 is 1.73 bits per heavy atom. The third-order valence-corrected chi connectivity index (χ3v) is 2.44. The van der Waals surface area contributed by atoms with E-state index < -0.39 is 0 Å². The van der Waals surface area contributed by atoms with Gasteiger partial charge in [0.2, 0.25) is 5.91 Å². The first-order valence-corrected chi connectivity index (χ1v) is 5.01. The second kappa shape index (κ2) is 4.93. The Balaban J connectivity index is 2.61. The minimum absolute atomic E-state index is 0.204. The van der Waals surface area contributed by atoms with E-state index in [9.17, 15) is 4.79 Å². The number of aryl methyl sites for hydroxylation is 1. The maximum atomic E-state index is 11.1. The lowest BCUT2D eigenvalue weighted by atomic mass is 10.2. The number of nitrogens with two attached hydrogens (primary N) is 1. The smallest absolute Gasteiger partial charge is 0.234 e. The summed E-state index contributed by atoms with van der Waals surface area (Å²) < 4.78 is 1.74. The first-order valence-electron chi connectivity index (χ1n) is 5.01. The summed E-state index contributed by atoms with van der Waals surface area (Å²) in [6.45, 7) is 2.64. The molecule has 1 rings (SSSR count). The van der Waals surface area contributed by atoms with Gasteiger partial charge in [0.15, 0.2) is 0 Å². The van der Waals surface area contributed by atoms with Gasteiger partial charge in [-0.25, -0.2) is 0 Å². The molecule has 0 saturated carbocycles. The third-order valence-electron chi connectivity index (χ3n) is 2.44. The Morgan fingerprint density at radius 2 is 2.40 bits per heavy atom. The first-order chi connectivity index (χ1) is 7.04. The molecule has 1 aromatic rings. The van der Waals surface area contributed by atoms with Crippen LogP contribution in [0.15, 0.2) is 12.4 Å². The molecule has 1 aromatic heterocycles. The van der Waals surface area contributed by atoms with Crippen molar-refractivity contribution in [1.82, 2.24) is 14.7 Å². The molecule has 2 N–H and O–H groups in total. The van der Waals surface area contributed by atoms with Crippen molar-refractivity contribution < 1.29 is 4.79 Å². The molecule has 1 heterocycles. The largest absolute Gasteiger partial charge is 0.368 e. The number of carbonyl (C=O) groups excluding carboxylic acids is 1. The van der Waals surface area contributed by atoms with E-state index in [1.165, 1.54) is 0 Å². The van der Waals surface area contributed by atoms with Crippen LogP contribution in [-0.4, -0.2) is 33.7 Å². The van der Waals surface area contributed by atoms with E-state index in [4.69, 9.17) is 5.73 Å². The van der Waals surface area contributed by atoms with E-state index in [1.54, 1.807) is 10.9 Å². The summed E-state index contributed by atoms with van der Waals surface area (Å²) in [6.07, 6.45) is 4.46. The zero-order chi connectivity index (χ0) is 11.4. The predicted molar refractivity (Wildman–Crippen MR) is 57.9 cm³/mol. The summed E-state index contributed by atoms with van der Waals surface area (Å²) in [5, 5.41) is 4.07. The topological polar surface area (TPSA) is 64.2 Å². The monoisotopic (exact) mass is 210 g/mol. The first kappa shape index (κ1) is 11.7. The van der Waals surface area contributed by atoms with Crippen molar-refractivity contribution >= 4 is 5.91 Å². The number of carbonyl (C=O) groups is 1. The van der Waals surface area contributed by atoms with Crippen molar-refractivity contribution in [3.63, 3.8) is 0 Å². The highest BCUT2D eigenvalue weighted by atomic mass is 16.1. The number of aromatic nitrogens is 2. The summed E-state index contributed by atoms with van der Waals surface area (Å²) >= 11 is 0. The number of amides is 1. The van der Waals surface area contributed by atoms with E-state index in [-0.39, 0.29) is 11.9 Å². The van der Waals surface area contributed by atoms with Gasteiger partial charge >= 0.3 is 0 Å². The number of likely N-dealkylation sites (N-methyl/N-ethyl adjacent to an activating group) is 1. The van der Waals surface area contributed by atoms with Gasteiger partial charge in [-0.05, 0) is 13.5 Å². The molecule has 0 aromatic carbocycles. The lowest BCUT2D eigenvalue weighted by molar-refractivity contribution is -0.123. The number of hydrogen-bond donors (Lipinski definition) is 1. The van der Waals surface area contributed by atoms with Crippen LogP contribution in [0.2, 0.25) is 0 Å². The van der Waals surface area contributed by atoms with Gasteiger partial charge in [0.25, 0.3) is 0 Å². The van der Waals surface area contributed by atoms with Crippen LogP contribution in [-0.2, 0) is 18.4 Å². The molecule has 0 saturated heterocycles. The van der Waals surface area contributed by atoms with E-state index >= 15 is 0 Å². The number of primary amides is 1. The molecule has 5 nitrogen and oxygen atoms in total. The van der Waals surface area contributed by atoms with Gasteiger partial charge in [-0.15, -0.1) is 0 Å². The van der Waals surface area contributed by atoms with Crippen LogP contribution >= 0.6 is 0 Å². The molecule has 0 bridgehead atoms. The molecule has 1 atom stereocenters. The Morgan fingerprint density at radius 3 is 2.80 bits per heavy atom. The van der Waals surface area contributed by atoms with Crippen LogP contribution in [0.3, 0.4) is 0 Å². The molecular weight excluding hydrogens is 192 g/mol. The fraction of sp³-hybridized carbons (Fsp3) is 0.600. The predicted octanol–water partition coefficient (Wildman–Crippen LogP) is 0.116. The van der Waals surface area contributed by atoms with Gasteiger partial charge < -0.3 is 5.73 Å². The minimum Gasteiger partial charge on any atom is -0.368 e. The summed E-state index contributed by atoms with van der Waals surface area (Å²) in [6, 6.07) is -0.204. The molecule has 0 fully saturated rings. The van der Waals surface area contributed by atoms with Gasteiger partial charge in [0.1, 0.15) is 0 Å². The standard InChI is InChI=1S/C10H18N4O/c1-4-9(10(11)15)13(2)6-8-5-12-14(3)7-8/h5,7,9H,4,6H2,1-3H3,(H2,11,15). The van der Waals surface area contributed by atoms with E-state index in [0.29, 0.717) is 6.54 Å². The van der Waals surface area contributed by atoms with Crippen molar-refractivity contribution in [2.24, 2.45) is 12.8 Å². The Labute approximate surface area is 89.9 Å². The van der Waals surface area contributed by atoms with Crippen LogP contribution < -0.4 is 5.73 Å². The fourth-order valence-corrected chi connectivity index (χ4v) is 1.68. The number of hydrogen-bond acceptors (Lipinski definition) is 3. The molecule has 1 unspecified atom stereocenters. The molecule has 0 spiro atoms. The molecule has 0 aliphatic carbocycles. The number of nitrogens with zero attached hydrogens (tertiary/aromatic N) is 3. The number of rotatable bonds is 5. The van der Waals surface area contributed by atoms with Crippen LogP contribution in [0.4, 0.5) is 0 Å². The van der Waals surface area contributed by atoms with E-state index in [1.807, 2.05) is 32.1 Å². The van der Waals surface area contributed by atoms with Crippen molar-refractivity contribution in [3.05, 3.63) is 18.0 Å². The molecular formula is C10H18N4O. The second-order valence-electron chi connectivity index (χ2n) is 3.76. The second-order valence-corrected chi connectivity index (χ2v) is 3.76. The maximum Gasteiger partial charge on any atom is 0.234 e.